The Morgan fingerprint density at radius 2 is 1.52 bits per heavy atom. The second kappa shape index (κ2) is 12.9. The predicted octanol–water partition coefficient (Wildman–Crippen LogP) is 4.52. The number of imide groups is 1. The van der Waals surface area contributed by atoms with Crippen molar-refractivity contribution in [3.8, 4) is 23.0 Å². The summed E-state index contributed by atoms with van der Waals surface area (Å²) in [5.74, 6) is 1.59. The zero-order chi connectivity index (χ0) is 28.6. The Hall–Kier alpha value is -4.73. The van der Waals surface area contributed by atoms with Crippen LogP contribution in [0.2, 0.25) is 0 Å². The maximum absolute atomic E-state index is 13.6. The van der Waals surface area contributed by atoms with Gasteiger partial charge in [0, 0.05) is 12.2 Å². The average molecular weight is 548 g/mol. The van der Waals surface area contributed by atoms with E-state index in [1.54, 1.807) is 68.8 Å². The van der Waals surface area contributed by atoms with Crippen molar-refractivity contribution < 1.29 is 33.3 Å². The third-order valence-corrected chi connectivity index (χ3v) is 6.57. The molecule has 1 saturated heterocycles. The van der Waals surface area contributed by atoms with E-state index in [1.807, 2.05) is 19.1 Å². The van der Waals surface area contributed by atoms with Gasteiger partial charge in [-0.2, -0.15) is 0 Å². The largest absolute Gasteiger partial charge is 0.497 e. The molecule has 0 radical (unpaired) electrons. The highest BCUT2D eigenvalue weighted by Crippen LogP contribution is 2.31. The smallest absolute Gasteiger partial charge is 0.332 e. The van der Waals surface area contributed by atoms with Gasteiger partial charge in [0.05, 0.1) is 40.0 Å². The van der Waals surface area contributed by atoms with Crippen LogP contribution >= 0.6 is 0 Å². The molecule has 1 N–H and O–H groups in total. The minimum atomic E-state index is -0.975. The van der Waals surface area contributed by atoms with Crippen molar-refractivity contribution in [2.75, 3.05) is 44.7 Å². The number of carbonyl (C=O) groups is 3. The van der Waals surface area contributed by atoms with Crippen molar-refractivity contribution in [2.24, 2.45) is 0 Å². The molecule has 4 amide bonds. The van der Waals surface area contributed by atoms with Crippen molar-refractivity contribution in [1.29, 1.82) is 0 Å². The van der Waals surface area contributed by atoms with Gasteiger partial charge in [-0.3, -0.25) is 9.59 Å². The molecule has 10 heteroatoms. The first kappa shape index (κ1) is 28.3. The molecule has 1 fully saturated rings. The molecule has 0 saturated carbocycles. The van der Waals surface area contributed by atoms with Crippen LogP contribution in [-0.4, -0.2) is 63.3 Å². The number of hydrogen-bond donors (Lipinski definition) is 1. The molecule has 3 aromatic rings. The van der Waals surface area contributed by atoms with Gasteiger partial charge in [-0.15, -0.1) is 0 Å². The number of nitrogens with one attached hydrogen (secondary N) is 1. The van der Waals surface area contributed by atoms with Gasteiger partial charge in [-0.1, -0.05) is 6.07 Å². The molecular weight excluding hydrogens is 514 g/mol. The number of urea groups is 1. The van der Waals surface area contributed by atoms with E-state index in [-0.39, 0.29) is 18.9 Å². The Morgan fingerprint density at radius 3 is 2.15 bits per heavy atom. The fourth-order valence-electron chi connectivity index (χ4n) is 4.53. The molecule has 0 aliphatic carbocycles. The Bertz CT molecular complexity index is 1340. The summed E-state index contributed by atoms with van der Waals surface area (Å²) in [7, 11) is 4.65. The van der Waals surface area contributed by atoms with Gasteiger partial charge in [0.25, 0.3) is 5.91 Å². The van der Waals surface area contributed by atoms with Crippen LogP contribution in [0.1, 0.15) is 18.9 Å². The Kier molecular flexibility index (Phi) is 9.11. The van der Waals surface area contributed by atoms with E-state index in [0.717, 1.165) is 10.5 Å². The average Bonchev–Trinajstić information content (AvgIpc) is 3.20. The fraction of sp³-hybridized carbons (Fsp3) is 0.300. The lowest BCUT2D eigenvalue weighted by atomic mass is 10.1. The minimum absolute atomic E-state index is 0.198. The lowest BCUT2D eigenvalue weighted by Crippen LogP contribution is -2.39. The summed E-state index contributed by atoms with van der Waals surface area (Å²) in [4.78, 5) is 42.7. The number of rotatable bonds is 12. The topological polar surface area (TPSA) is 107 Å². The predicted molar refractivity (Wildman–Crippen MR) is 150 cm³/mol. The molecule has 1 atom stereocenters. The van der Waals surface area contributed by atoms with Gasteiger partial charge in [0.15, 0.2) is 11.5 Å². The van der Waals surface area contributed by atoms with Crippen LogP contribution in [0, 0.1) is 0 Å². The second-order valence-electron chi connectivity index (χ2n) is 9.01. The lowest BCUT2D eigenvalue weighted by Gasteiger charge is -2.22. The van der Waals surface area contributed by atoms with Crippen molar-refractivity contribution >= 4 is 29.2 Å². The normalized spacial score (nSPS) is 14.8. The molecule has 40 heavy (non-hydrogen) atoms. The lowest BCUT2D eigenvalue weighted by molar-refractivity contribution is -0.124. The SMILES string of the molecule is CCOc1ccc(NC(=O)C[C@H]2C(=O)N(c3ccc(OC)cc3)C(=O)N2CCc2ccc(OC)c(OC)c2)cc1. The highest BCUT2D eigenvalue weighted by molar-refractivity contribution is 6.22. The number of nitrogens with zero attached hydrogens (tertiary/aromatic N) is 2. The van der Waals surface area contributed by atoms with E-state index >= 15 is 0 Å². The summed E-state index contributed by atoms with van der Waals surface area (Å²) in [6.07, 6.45) is 0.239. The van der Waals surface area contributed by atoms with Gasteiger partial charge < -0.3 is 29.2 Å². The van der Waals surface area contributed by atoms with Gasteiger partial charge in [0.1, 0.15) is 17.5 Å². The Labute approximate surface area is 233 Å². The summed E-state index contributed by atoms with van der Waals surface area (Å²) in [6, 6.07) is 17.6. The summed E-state index contributed by atoms with van der Waals surface area (Å²) in [5, 5.41) is 2.82. The van der Waals surface area contributed by atoms with Crippen molar-refractivity contribution in [1.82, 2.24) is 4.90 Å². The van der Waals surface area contributed by atoms with Gasteiger partial charge >= 0.3 is 6.03 Å². The van der Waals surface area contributed by atoms with Gasteiger partial charge in [-0.25, -0.2) is 9.69 Å². The van der Waals surface area contributed by atoms with Gasteiger partial charge in [0.2, 0.25) is 5.91 Å². The van der Waals surface area contributed by atoms with E-state index in [2.05, 4.69) is 5.32 Å². The number of carbonyl (C=O) groups excluding carboxylic acids is 3. The van der Waals surface area contributed by atoms with Crippen molar-refractivity contribution in [3.05, 3.63) is 72.3 Å². The summed E-state index contributed by atoms with van der Waals surface area (Å²) in [6.45, 7) is 2.64. The first-order valence-electron chi connectivity index (χ1n) is 12.9. The molecule has 0 bridgehead atoms. The highest BCUT2D eigenvalue weighted by atomic mass is 16.5. The van der Waals surface area contributed by atoms with E-state index in [9.17, 15) is 14.4 Å². The van der Waals surface area contributed by atoms with Crippen molar-refractivity contribution in [3.63, 3.8) is 0 Å². The fourth-order valence-corrected chi connectivity index (χ4v) is 4.53. The summed E-state index contributed by atoms with van der Waals surface area (Å²) in [5.41, 5.74) is 1.86. The maximum atomic E-state index is 13.6. The molecule has 210 valence electrons. The Morgan fingerprint density at radius 1 is 0.850 bits per heavy atom. The molecule has 0 spiro atoms. The second-order valence-corrected chi connectivity index (χ2v) is 9.01. The third-order valence-electron chi connectivity index (χ3n) is 6.57. The van der Waals surface area contributed by atoms with Crippen LogP contribution in [0.15, 0.2) is 66.7 Å². The number of ether oxygens (including phenoxy) is 4. The zero-order valence-corrected chi connectivity index (χ0v) is 23.0. The van der Waals surface area contributed by atoms with Crippen LogP contribution in [0.4, 0.5) is 16.2 Å². The molecule has 0 aromatic heterocycles. The van der Waals surface area contributed by atoms with Crippen molar-refractivity contribution in [2.45, 2.75) is 25.8 Å². The first-order valence-corrected chi connectivity index (χ1v) is 12.9. The van der Waals surface area contributed by atoms with E-state index < -0.39 is 18.0 Å². The van der Waals surface area contributed by atoms with E-state index in [4.69, 9.17) is 18.9 Å². The third kappa shape index (κ3) is 6.28. The molecule has 1 aliphatic heterocycles. The van der Waals surface area contributed by atoms with Crippen LogP contribution in [0.3, 0.4) is 0 Å². The number of amides is 4. The van der Waals surface area contributed by atoms with E-state index in [0.29, 0.717) is 47.4 Å². The van der Waals surface area contributed by atoms with Crippen LogP contribution in [-0.2, 0) is 16.0 Å². The molecule has 0 unspecified atom stereocenters. The first-order chi connectivity index (χ1) is 19.4. The molecule has 1 heterocycles. The number of anilines is 2. The Balaban J connectivity index is 1.54. The van der Waals surface area contributed by atoms with E-state index in [1.165, 1.54) is 12.0 Å². The minimum Gasteiger partial charge on any atom is -0.497 e. The summed E-state index contributed by atoms with van der Waals surface area (Å²) < 4.78 is 21.3. The zero-order valence-electron chi connectivity index (χ0n) is 23.0. The van der Waals surface area contributed by atoms with Crippen LogP contribution in [0.25, 0.3) is 0 Å². The number of hydrogen-bond acceptors (Lipinski definition) is 7. The van der Waals surface area contributed by atoms with Crippen LogP contribution in [0.5, 0.6) is 23.0 Å². The quantitative estimate of drug-likeness (QED) is 0.332. The molecule has 1 aliphatic rings. The number of benzene rings is 3. The molecule has 10 nitrogen and oxygen atoms in total. The monoisotopic (exact) mass is 547 g/mol. The maximum Gasteiger partial charge on any atom is 0.332 e. The standard InChI is InChI=1S/C30H33N3O7/c1-5-40-24-11-7-21(8-12-24)31-28(34)19-25-29(35)33(22-9-13-23(37-2)14-10-22)30(36)32(25)17-16-20-6-15-26(38-3)27(18-20)39-4/h6-15,18,25H,5,16-17,19H2,1-4H3,(H,31,34)/t25-/m0/s1. The summed E-state index contributed by atoms with van der Waals surface area (Å²) >= 11 is 0. The highest BCUT2D eigenvalue weighted by Gasteiger charge is 2.46. The molecular formula is C30H33N3O7. The number of methoxy groups -OCH3 is 3. The van der Waals surface area contributed by atoms with Gasteiger partial charge in [-0.05, 0) is 79.6 Å². The molecule has 4 rings (SSSR count). The molecule has 3 aromatic carbocycles. The van der Waals surface area contributed by atoms with Crippen LogP contribution < -0.4 is 29.2 Å².